The van der Waals surface area contributed by atoms with E-state index in [2.05, 4.69) is 6.07 Å². The fourth-order valence-corrected chi connectivity index (χ4v) is 1.17. The minimum atomic E-state index is 0.896. The largest absolute Gasteiger partial charge is 0.399 e. The lowest BCUT2D eigenvalue weighted by molar-refractivity contribution is 1.72. The summed E-state index contributed by atoms with van der Waals surface area (Å²) in [6, 6.07) is 18.1. The molecule has 1 aromatic rings. The molecule has 0 spiro atoms. The second kappa shape index (κ2) is 3.31. The topological polar surface area (TPSA) is 26.0 Å². The van der Waals surface area contributed by atoms with E-state index in [1.165, 1.54) is 11.1 Å². The molecule has 0 atom stereocenters. The van der Waals surface area contributed by atoms with Gasteiger partial charge < -0.3 is 5.73 Å². The van der Waals surface area contributed by atoms with Gasteiger partial charge >= 0.3 is 0 Å². The summed E-state index contributed by atoms with van der Waals surface area (Å²) in [6.45, 7) is 0. The highest BCUT2D eigenvalue weighted by Gasteiger charge is 2.11. The van der Waals surface area contributed by atoms with Gasteiger partial charge in [-0.2, -0.15) is 0 Å². The Morgan fingerprint density at radius 3 is 1.23 bits per heavy atom. The Bertz CT molecular complexity index is 346. The summed E-state index contributed by atoms with van der Waals surface area (Å²) in [6.07, 6.45) is 0. The van der Waals surface area contributed by atoms with Gasteiger partial charge in [-0.25, -0.2) is 0 Å². The van der Waals surface area contributed by atoms with Crippen molar-refractivity contribution in [1.29, 1.82) is 0 Å². The fraction of sp³-hybridized carbons (Fsp3) is 0. The zero-order valence-corrected chi connectivity index (χ0v) is 7.27. The summed E-state index contributed by atoms with van der Waals surface area (Å²) in [5.74, 6) is 0. The molecule has 1 heteroatoms. The first-order chi connectivity index (χ1) is 6.36. The van der Waals surface area contributed by atoms with Crippen LogP contribution in [0.5, 0.6) is 0 Å². The second-order valence-corrected chi connectivity index (χ2v) is 3.00. The summed E-state index contributed by atoms with van der Waals surface area (Å²) in [5, 5.41) is 0. The number of anilines is 1. The molecule has 0 amide bonds. The molecule has 2 aliphatic rings. The van der Waals surface area contributed by atoms with Crippen molar-refractivity contribution in [3.05, 3.63) is 54.6 Å². The molecule has 0 unspecified atom stereocenters. The molecule has 0 fully saturated rings. The number of hydrogen-bond donors (Lipinski definition) is 1. The highest BCUT2D eigenvalue weighted by Crippen LogP contribution is 2.36. The van der Waals surface area contributed by atoms with E-state index in [9.17, 15) is 0 Å². The SMILES string of the molecule is Nc1cc2cc-2c1.c1ccccc1. The predicted molar refractivity (Wildman–Crippen MR) is 56.3 cm³/mol. The Morgan fingerprint density at radius 2 is 1.00 bits per heavy atom. The van der Waals surface area contributed by atoms with Crippen LogP contribution in [0.3, 0.4) is 0 Å². The molecule has 0 aromatic heterocycles. The first kappa shape index (κ1) is 7.87. The fourth-order valence-electron chi connectivity index (χ4n) is 1.17. The Hall–Kier alpha value is -1.76. The van der Waals surface area contributed by atoms with Crippen molar-refractivity contribution in [2.45, 2.75) is 0 Å². The number of benzene rings is 2. The molecule has 2 N–H and O–H groups in total. The van der Waals surface area contributed by atoms with Crippen LogP contribution in [0.25, 0.3) is 11.1 Å². The molecule has 1 nitrogen and oxygen atoms in total. The molecule has 3 rings (SSSR count). The second-order valence-electron chi connectivity index (χ2n) is 3.00. The van der Waals surface area contributed by atoms with Crippen LogP contribution in [0.15, 0.2) is 54.6 Å². The number of hydrogen-bond acceptors (Lipinski definition) is 1. The standard InChI is InChI=1S/C6H5N.C6H6/c7-6-2-4-1-5(4)3-6;1-2-4-6-5-3-1/h1-3H,7H2;1-6H. The molecule has 0 aliphatic heterocycles. The average molecular weight is 169 g/mol. The van der Waals surface area contributed by atoms with E-state index in [0.29, 0.717) is 0 Å². The van der Waals surface area contributed by atoms with Crippen LogP contribution >= 0.6 is 0 Å². The maximum Gasteiger partial charge on any atom is 0.0326 e. The molecular formula is C12H11N. The van der Waals surface area contributed by atoms with Gasteiger partial charge in [0.1, 0.15) is 0 Å². The zero-order chi connectivity index (χ0) is 9.10. The predicted octanol–water partition coefficient (Wildman–Crippen LogP) is 2.94. The van der Waals surface area contributed by atoms with Crippen molar-refractivity contribution < 1.29 is 0 Å². The lowest BCUT2D eigenvalue weighted by Gasteiger charge is -1.72. The monoisotopic (exact) mass is 169 g/mol. The average Bonchev–Trinajstić information content (AvgIpc) is 2.78. The minimum absolute atomic E-state index is 0.896. The van der Waals surface area contributed by atoms with Crippen LogP contribution in [-0.2, 0) is 0 Å². The first-order valence-corrected chi connectivity index (χ1v) is 4.27. The van der Waals surface area contributed by atoms with Gasteiger partial charge in [0.25, 0.3) is 0 Å². The molecule has 0 bridgehead atoms. The lowest BCUT2D eigenvalue weighted by Crippen LogP contribution is -1.75. The van der Waals surface area contributed by atoms with Crippen molar-refractivity contribution >= 4 is 5.69 Å². The third-order valence-electron chi connectivity index (χ3n) is 1.87. The molecule has 0 saturated heterocycles. The van der Waals surface area contributed by atoms with Crippen molar-refractivity contribution in [3.8, 4) is 11.1 Å². The summed E-state index contributed by atoms with van der Waals surface area (Å²) in [5.41, 5.74) is 8.93. The lowest BCUT2D eigenvalue weighted by atomic mass is 10.4. The van der Waals surface area contributed by atoms with E-state index >= 15 is 0 Å². The summed E-state index contributed by atoms with van der Waals surface area (Å²) >= 11 is 0. The first-order valence-electron chi connectivity index (χ1n) is 4.27. The van der Waals surface area contributed by atoms with Crippen LogP contribution in [-0.4, -0.2) is 0 Å². The smallest absolute Gasteiger partial charge is 0.0326 e. The molecular weight excluding hydrogens is 158 g/mol. The molecule has 0 saturated carbocycles. The minimum Gasteiger partial charge on any atom is -0.399 e. The Kier molecular flexibility index (Phi) is 2.01. The maximum atomic E-state index is 5.40. The highest BCUT2D eigenvalue weighted by molar-refractivity contribution is 5.86. The van der Waals surface area contributed by atoms with Gasteiger partial charge in [-0.3, -0.25) is 0 Å². The van der Waals surface area contributed by atoms with Crippen molar-refractivity contribution in [1.82, 2.24) is 0 Å². The van der Waals surface area contributed by atoms with Crippen LogP contribution in [0.1, 0.15) is 0 Å². The number of nitrogen functional groups attached to an aromatic ring is 1. The quantitative estimate of drug-likeness (QED) is 0.514. The summed E-state index contributed by atoms with van der Waals surface area (Å²) in [4.78, 5) is 0. The number of nitrogens with two attached hydrogens (primary N) is 1. The molecule has 0 radical (unpaired) electrons. The summed E-state index contributed by atoms with van der Waals surface area (Å²) in [7, 11) is 0. The molecule has 13 heavy (non-hydrogen) atoms. The van der Waals surface area contributed by atoms with Gasteiger partial charge in [0.15, 0.2) is 0 Å². The van der Waals surface area contributed by atoms with E-state index in [1.54, 1.807) is 0 Å². The van der Waals surface area contributed by atoms with Crippen molar-refractivity contribution in [2.24, 2.45) is 0 Å². The van der Waals surface area contributed by atoms with E-state index in [-0.39, 0.29) is 0 Å². The number of fused-ring (bicyclic) bond motifs is 1. The molecule has 2 aliphatic carbocycles. The van der Waals surface area contributed by atoms with Gasteiger partial charge in [-0.1, -0.05) is 36.4 Å². The van der Waals surface area contributed by atoms with E-state index < -0.39 is 0 Å². The van der Waals surface area contributed by atoms with Gasteiger partial charge in [0, 0.05) is 5.69 Å². The van der Waals surface area contributed by atoms with Crippen LogP contribution in [0.4, 0.5) is 5.69 Å². The number of rotatable bonds is 0. The van der Waals surface area contributed by atoms with Crippen molar-refractivity contribution in [2.75, 3.05) is 5.73 Å². The third kappa shape index (κ3) is 2.09. The van der Waals surface area contributed by atoms with E-state index in [1.807, 2.05) is 48.5 Å². The van der Waals surface area contributed by atoms with Crippen LogP contribution in [0.2, 0.25) is 0 Å². The van der Waals surface area contributed by atoms with Gasteiger partial charge in [0.05, 0.1) is 0 Å². The highest BCUT2D eigenvalue weighted by atomic mass is 14.6. The molecule has 1 aromatic carbocycles. The van der Waals surface area contributed by atoms with Crippen molar-refractivity contribution in [3.63, 3.8) is 0 Å². The van der Waals surface area contributed by atoms with E-state index in [0.717, 1.165) is 5.69 Å². The normalized spacial score (nSPS) is 9.85. The summed E-state index contributed by atoms with van der Waals surface area (Å²) < 4.78 is 0. The van der Waals surface area contributed by atoms with Gasteiger partial charge in [-0.15, -0.1) is 0 Å². The Labute approximate surface area is 77.8 Å². The molecule has 0 heterocycles. The van der Waals surface area contributed by atoms with Crippen LogP contribution in [0, 0.1) is 0 Å². The van der Waals surface area contributed by atoms with E-state index in [4.69, 9.17) is 5.73 Å². The van der Waals surface area contributed by atoms with Gasteiger partial charge in [0.2, 0.25) is 0 Å². The molecule has 64 valence electrons. The Morgan fingerprint density at radius 1 is 0.615 bits per heavy atom. The third-order valence-corrected chi connectivity index (χ3v) is 1.87. The van der Waals surface area contributed by atoms with Crippen LogP contribution < -0.4 is 5.73 Å². The van der Waals surface area contributed by atoms with Gasteiger partial charge in [-0.05, 0) is 29.3 Å². The zero-order valence-electron chi connectivity index (χ0n) is 7.27. The maximum absolute atomic E-state index is 5.40. The Balaban J connectivity index is 0.000000102.